The summed E-state index contributed by atoms with van der Waals surface area (Å²) in [7, 11) is 0. The Labute approximate surface area is 140 Å². The fourth-order valence-electron chi connectivity index (χ4n) is 1.49. The molecule has 0 aliphatic heterocycles. The number of para-hydroxylation sites is 1. The number of hydrogen-bond donors (Lipinski definition) is 2. The molecule has 19 heavy (non-hydrogen) atoms. The molecule has 0 bridgehead atoms. The molecular formula is C13H8Br2INO2. The molecule has 0 fully saturated rings. The second-order valence-electron chi connectivity index (χ2n) is 3.72. The number of rotatable bonds is 2. The third-order valence-electron chi connectivity index (χ3n) is 2.39. The Hall–Kier alpha value is -0.600. The second kappa shape index (κ2) is 6.23. The first-order chi connectivity index (χ1) is 8.99. The number of hydrogen-bond acceptors (Lipinski definition) is 2. The first-order valence-corrected chi connectivity index (χ1v) is 7.89. The lowest BCUT2D eigenvalue weighted by atomic mass is 10.2. The van der Waals surface area contributed by atoms with Gasteiger partial charge in [-0.25, -0.2) is 0 Å². The van der Waals surface area contributed by atoms with Crippen molar-refractivity contribution in [3.05, 3.63) is 54.5 Å². The number of amides is 1. The third kappa shape index (κ3) is 3.49. The highest BCUT2D eigenvalue weighted by atomic mass is 127. The maximum atomic E-state index is 12.2. The fraction of sp³-hybridized carbons (Fsp3) is 0. The fourth-order valence-corrected chi connectivity index (χ4v) is 3.24. The molecule has 2 N–H and O–H groups in total. The van der Waals surface area contributed by atoms with Gasteiger partial charge in [0.25, 0.3) is 5.91 Å². The molecule has 6 heteroatoms. The van der Waals surface area contributed by atoms with Gasteiger partial charge in [0.2, 0.25) is 0 Å². The predicted octanol–water partition coefficient (Wildman–Crippen LogP) is 4.77. The monoisotopic (exact) mass is 495 g/mol. The van der Waals surface area contributed by atoms with Crippen molar-refractivity contribution in [1.82, 2.24) is 0 Å². The zero-order valence-electron chi connectivity index (χ0n) is 9.45. The van der Waals surface area contributed by atoms with E-state index in [0.29, 0.717) is 14.6 Å². The molecule has 0 spiro atoms. The average molecular weight is 497 g/mol. The van der Waals surface area contributed by atoms with Crippen molar-refractivity contribution >= 4 is 66.0 Å². The Morgan fingerprint density at radius 3 is 2.58 bits per heavy atom. The topological polar surface area (TPSA) is 49.3 Å². The number of carbonyl (C=O) groups excluding carboxylic acids is 1. The van der Waals surface area contributed by atoms with Crippen molar-refractivity contribution in [3.8, 4) is 5.75 Å². The number of phenols is 1. The van der Waals surface area contributed by atoms with E-state index in [1.54, 1.807) is 12.1 Å². The van der Waals surface area contributed by atoms with E-state index in [1.807, 2.05) is 24.3 Å². The van der Waals surface area contributed by atoms with Gasteiger partial charge in [-0.2, -0.15) is 0 Å². The van der Waals surface area contributed by atoms with E-state index in [1.165, 1.54) is 0 Å². The lowest BCUT2D eigenvalue weighted by molar-refractivity contribution is 0.102. The molecule has 0 aliphatic rings. The van der Waals surface area contributed by atoms with Crippen LogP contribution in [0, 0.1) is 3.57 Å². The predicted molar refractivity (Wildman–Crippen MR) is 90.6 cm³/mol. The standard InChI is InChI=1S/C13H8Br2INO2/c14-7-5-8(12(18)9(15)6-7)13(19)17-11-4-2-1-3-10(11)16/h1-6,18H,(H,17,19). The highest BCUT2D eigenvalue weighted by Crippen LogP contribution is 2.32. The van der Waals surface area contributed by atoms with Crippen molar-refractivity contribution < 1.29 is 9.90 Å². The number of nitrogens with one attached hydrogen (secondary N) is 1. The van der Waals surface area contributed by atoms with E-state index >= 15 is 0 Å². The molecule has 0 unspecified atom stereocenters. The zero-order valence-corrected chi connectivity index (χ0v) is 14.8. The number of benzene rings is 2. The van der Waals surface area contributed by atoms with E-state index in [-0.39, 0.29) is 17.2 Å². The molecule has 0 saturated heterocycles. The van der Waals surface area contributed by atoms with Crippen LogP contribution in [0.3, 0.4) is 0 Å². The molecular weight excluding hydrogens is 489 g/mol. The van der Waals surface area contributed by atoms with Gasteiger partial charge < -0.3 is 10.4 Å². The summed E-state index contributed by atoms with van der Waals surface area (Å²) in [4.78, 5) is 12.2. The van der Waals surface area contributed by atoms with E-state index < -0.39 is 0 Å². The summed E-state index contributed by atoms with van der Waals surface area (Å²) < 4.78 is 2.11. The Morgan fingerprint density at radius 2 is 1.89 bits per heavy atom. The Morgan fingerprint density at radius 1 is 1.21 bits per heavy atom. The normalized spacial score (nSPS) is 10.3. The van der Waals surface area contributed by atoms with Crippen LogP contribution in [0.5, 0.6) is 5.75 Å². The van der Waals surface area contributed by atoms with Crippen LogP contribution in [0.1, 0.15) is 10.4 Å². The minimum Gasteiger partial charge on any atom is -0.506 e. The van der Waals surface area contributed by atoms with Crippen LogP contribution >= 0.6 is 54.5 Å². The van der Waals surface area contributed by atoms with Gasteiger partial charge >= 0.3 is 0 Å². The van der Waals surface area contributed by atoms with E-state index in [0.717, 1.165) is 3.57 Å². The smallest absolute Gasteiger partial charge is 0.259 e. The molecule has 2 aromatic rings. The molecule has 0 radical (unpaired) electrons. The van der Waals surface area contributed by atoms with Crippen molar-refractivity contribution in [1.29, 1.82) is 0 Å². The molecule has 98 valence electrons. The lowest BCUT2D eigenvalue weighted by Crippen LogP contribution is -2.13. The largest absolute Gasteiger partial charge is 0.506 e. The zero-order chi connectivity index (χ0) is 14.0. The summed E-state index contributed by atoms with van der Waals surface area (Å²) in [5.74, 6) is -0.435. The summed E-state index contributed by atoms with van der Waals surface area (Å²) in [6.45, 7) is 0. The quantitative estimate of drug-likeness (QED) is 0.588. The molecule has 0 aliphatic carbocycles. The summed E-state index contributed by atoms with van der Waals surface area (Å²) in [5, 5.41) is 12.7. The number of anilines is 1. The second-order valence-corrected chi connectivity index (χ2v) is 6.65. The molecule has 0 aromatic heterocycles. The van der Waals surface area contributed by atoms with Crippen molar-refractivity contribution in [2.75, 3.05) is 5.32 Å². The molecule has 2 rings (SSSR count). The molecule has 1 amide bonds. The van der Waals surface area contributed by atoms with Gasteiger partial charge in [-0.05, 0) is 62.8 Å². The van der Waals surface area contributed by atoms with Gasteiger partial charge in [0.15, 0.2) is 0 Å². The Kier molecular flexibility index (Phi) is 4.86. The summed E-state index contributed by atoms with van der Waals surface area (Å²) in [6.07, 6.45) is 0. The first kappa shape index (κ1) is 14.8. The van der Waals surface area contributed by atoms with E-state index in [4.69, 9.17) is 0 Å². The van der Waals surface area contributed by atoms with Gasteiger partial charge in [-0.15, -0.1) is 0 Å². The molecule has 2 aromatic carbocycles. The molecule has 0 heterocycles. The summed E-state index contributed by atoms with van der Waals surface area (Å²) in [5.41, 5.74) is 0.921. The van der Waals surface area contributed by atoms with Crippen molar-refractivity contribution in [2.24, 2.45) is 0 Å². The maximum absolute atomic E-state index is 12.2. The van der Waals surface area contributed by atoms with E-state index in [2.05, 4.69) is 59.8 Å². The number of aromatic hydroxyl groups is 1. The van der Waals surface area contributed by atoms with Crippen LogP contribution in [0.4, 0.5) is 5.69 Å². The van der Waals surface area contributed by atoms with Crippen molar-refractivity contribution in [3.63, 3.8) is 0 Å². The average Bonchev–Trinajstić information content (AvgIpc) is 2.36. The number of carbonyl (C=O) groups is 1. The van der Waals surface area contributed by atoms with Gasteiger partial charge in [0.05, 0.1) is 15.7 Å². The highest BCUT2D eigenvalue weighted by molar-refractivity contribution is 14.1. The van der Waals surface area contributed by atoms with Crippen LogP contribution < -0.4 is 5.32 Å². The maximum Gasteiger partial charge on any atom is 0.259 e. The van der Waals surface area contributed by atoms with Crippen molar-refractivity contribution in [2.45, 2.75) is 0 Å². The van der Waals surface area contributed by atoms with Gasteiger partial charge in [0, 0.05) is 8.04 Å². The van der Waals surface area contributed by atoms with Crippen LogP contribution in [0.25, 0.3) is 0 Å². The minimum atomic E-state index is -0.358. The number of halogens is 3. The first-order valence-electron chi connectivity index (χ1n) is 5.23. The van der Waals surface area contributed by atoms with Crippen LogP contribution in [0.15, 0.2) is 45.3 Å². The van der Waals surface area contributed by atoms with E-state index in [9.17, 15) is 9.90 Å². The minimum absolute atomic E-state index is 0.0772. The highest BCUT2D eigenvalue weighted by Gasteiger charge is 2.15. The third-order valence-corrected chi connectivity index (χ3v) is 4.40. The van der Waals surface area contributed by atoms with Gasteiger partial charge in [0.1, 0.15) is 5.75 Å². The summed E-state index contributed by atoms with van der Waals surface area (Å²) in [6, 6.07) is 10.7. The van der Waals surface area contributed by atoms with Crippen LogP contribution in [-0.4, -0.2) is 11.0 Å². The Balaban J connectivity index is 2.33. The van der Waals surface area contributed by atoms with Gasteiger partial charge in [-0.3, -0.25) is 4.79 Å². The molecule has 3 nitrogen and oxygen atoms in total. The SMILES string of the molecule is O=C(Nc1ccccc1I)c1cc(Br)cc(Br)c1O. The molecule has 0 saturated carbocycles. The summed E-state index contributed by atoms with van der Waals surface area (Å²) >= 11 is 8.64. The van der Waals surface area contributed by atoms with Crippen LogP contribution in [-0.2, 0) is 0 Å². The van der Waals surface area contributed by atoms with Gasteiger partial charge in [-0.1, -0.05) is 28.1 Å². The Bertz CT molecular complexity index is 647. The number of phenolic OH excluding ortho intramolecular Hbond substituents is 1. The lowest BCUT2D eigenvalue weighted by Gasteiger charge is -2.10. The van der Waals surface area contributed by atoms with Crippen LogP contribution in [0.2, 0.25) is 0 Å². The molecule has 0 atom stereocenters.